The van der Waals surface area contributed by atoms with Crippen molar-refractivity contribution in [2.24, 2.45) is 0 Å². The van der Waals surface area contributed by atoms with Gasteiger partial charge in [0.25, 0.3) is 0 Å². The van der Waals surface area contributed by atoms with Crippen LogP contribution in [0.25, 0.3) is 0 Å². The highest BCUT2D eigenvalue weighted by molar-refractivity contribution is 7.93. The molecule has 0 spiro atoms. The Hall–Kier alpha value is -3.27. The van der Waals surface area contributed by atoms with E-state index in [2.05, 4.69) is 20.8 Å². The molecule has 2 aromatic carbocycles. The molecule has 1 N–H and O–H groups in total. The maximum Gasteiger partial charge on any atom is 0.245 e. The van der Waals surface area contributed by atoms with Crippen molar-refractivity contribution in [3.63, 3.8) is 0 Å². The van der Waals surface area contributed by atoms with Gasteiger partial charge in [0.2, 0.25) is 15.9 Å². The lowest BCUT2D eigenvalue weighted by Crippen LogP contribution is -2.34. The van der Waals surface area contributed by atoms with Crippen LogP contribution in [-0.2, 0) is 27.8 Å². The van der Waals surface area contributed by atoms with E-state index in [0.717, 1.165) is 11.1 Å². The SMILES string of the molecule is Cc1nnnn1C(Cc1ccccc1)C(=O)NCc1ccc(N2CCCS2(=O)=O)cc1. The van der Waals surface area contributed by atoms with Crippen molar-refractivity contribution in [2.75, 3.05) is 16.6 Å². The predicted molar refractivity (Wildman–Crippen MR) is 116 cm³/mol. The van der Waals surface area contributed by atoms with E-state index in [-0.39, 0.29) is 11.7 Å². The smallest absolute Gasteiger partial charge is 0.245 e. The van der Waals surface area contributed by atoms with E-state index in [1.807, 2.05) is 42.5 Å². The summed E-state index contributed by atoms with van der Waals surface area (Å²) in [6.45, 7) is 2.58. The van der Waals surface area contributed by atoms with Crippen LogP contribution in [0.3, 0.4) is 0 Å². The van der Waals surface area contributed by atoms with E-state index in [9.17, 15) is 13.2 Å². The first-order valence-electron chi connectivity index (χ1n) is 10.1. The number of carbonyl (C=O) groups excluding carboxylic acids is 1. The number of tetrazole rings is 1. The monoisotopic (exact) mass is 440 g/mol. The molecule has 1 fully saturated rings. The summed E-state index contributed by atoms with van der Waals surface area (Å²) in [5.41, 5.74) is 2.54. The average Bonchev–Trinajstić information content (AvgIpc) is 3.35. The molecule has 2 heterocycles. The van der Waals surface area contributed by atoms with Crippen molar-refractivity contribution >= 4 is 21.6 Å². The number of benzene rings is 2. The summed E-state index contributed by atoms with van der Waals surface area (Å²) in [5, 5.41) is 14.5. The molecule has 1 saturated heterocycles. The molecule has 1 unspecified atom stereocenters. The van der Waals surface area contributed by atoms with Crippen LogP contribution < -0.4 is 9.62 Å². The third kappa shape index (κ3) is 4.74. The topological polar surface area (TPSA) is 110 Å². The lowest BCUT2D eigenvalue weighted by atomic mass is 10.1. The summed E-state index contributed by atoms with van der Waals surface area (Å²) in [6, 6.07) is 16.3. The van der Waals surface area contributed by atoms with Gasteiger partial charge in [0.15, 0.2) is 0 Å². The molecule has 1 atom stereocenters. The van der Waals surface area contributed by atoms with Gasteiger partial charge in [-0.15, -0.1) is 5.10 Å². The minimum absolute atomic E-state index is 0.185. The average molecular weight is 441 g/mol. The van der Waals surface area contributed by atoms with Crippen LogP contribution in [0.15, 0.2) is 54.6 Å². The molecule has 1 aromatic heterocycles. The van der Waals surface area contributed by atoms with Crippen LogP contribution in [0.2, 0.25) is 0 Å². The molecule has 0 bridgehead atoms. The van der Waals surface area contributed by atoms with Gasteiger partial charge in [0.1, 0.15) is 11.9 Å². The quantitative estimate of drug-likeness (QED) is 0.598. The van der Waals surface area contributed by atoms with E-state index >= 15 is 0 Å². The fourth-order valence-corrected chi connectivity index (χ4v) is 5.23. The van der Waals surface area contributed by atoms with Crippen LogP contribution in [0.4, 0.5) is 5.69 Å². The summed E-state index contributed by atoms with van der Waals surface area (Å²) >= 11 is 0. The third-order valence-corrected chi connectivity index (χ3v) is 7.19. The summed E-state index contributed by atoms with van der Waals surface area (Å²) in [6.07, 6.45) is 1.10. The van der Waals surface area contributed by atoms with Gasteiger partial charge >= 0.3 is 0 Å². The molecule has 9 nitrogen and oxygen atoms in total. The van der Waals surface area contributed by atoms with Gasteiger partial charge in [0, 0.05) is 19.5 Å². The van der Waals surface area contributed by atoms with Gasteiger partial charge < -0.3 is 5.32 Å². The number of rotatable bonds is 7. The third-order valence-electron chi connectivity index (χ3n) is 5.32. The first kappa shape index (κ1) is 21.0. The molecule has 31 heavy (non-hydrogen) atoms. The van der Waals surface area contributed by atoms with Crippen LogP contribution in [-0.4, -0.2) is 46.8 Å². The lowest BCUT2D eigenvalue weighted by Gasteiger charge is -2.19. The maximum absolute atomic E-state index is 13.0. The predicted octanol–water partition coefficient (Wildman–Crippen LogP) is 1.62. The van der Waals surface area contributed by atoms with Crippen molar-refractivity contribution in [3.8, 4) is 0 Å². The van der Waals surface area contributed by atoms with Crippen LogP contribution in [0.5, 0.6) is 0 Å². The highest BCUT2D eigenvalue weighted by Crippen LogP contribution is 2.24. The Kier molecular flexibility index (Phi) is 5.99. The molecule has 1 amide bonds. The Balaban J connectivity index is 1.44. The number of sulfonamides is 1. The van der Waals surface area contributed by atoms with Gasteiger partial charge in [-0.25, -0.2) is 13.1 Å². The number of nitrogens with one attached hydrogen (secondary N) is 1. The zero-order chi connectivity index (χ0) is 21.8. The molecule has 0 radical (unpaired) electrons. The number of amides is 1. The number of nitrogens with zero attached hydrogens (tertiary/aromatic N) is 5. The molecule has 10 heteroatoms. The molecule has 1 aliphatic rings. The van der Waals surface area contributed by atoms with Gasteiger partial charge in [0.05, 0.1) is 11.4 Å². The summed E-state index contributed by atoms with van der Waals surface area (Å²) < 4.78 is 27.1. The molecule has 162 valence electrons. The van der Waals surface area contributed by atoms with E-state index < -0.39 is 16.1 Å². The summed E-state index contributed by atoms with van der Waals surface area (Å²) in [5.74, 6) is 0.558. The number of carbonyl (C=O) groups is 1. The number of hydrogen-bond acceptors (Lipinski definition) is 6. The van der Waals surface area contributed by atoms with Crippen LogP contribution in [0.1, 0.15) is 29.4 Å². The molecule has 0 aliphatic carbocycles. The van der Waals surface area contributed by atoms with E-state index in [0.29, 0.717) is 37.4 Å². The fourth-order valence-electron chi connectivity index (χ4n) is 3.67. The van der Waals surface area contributed by atoms with Crippen LogP contribution >= 0.6 is 0 Å². The first-order chi connectivity index (χ1) is 14.9. The zero-order valence-corrected chi connectivity index (χ0v) is 18.0. The van der Waals surface area contributed by atoms with Crippen molar-refractivity contribution in [3.05, 3.63) is 71.5 Å². The molecular formula is C21H24N6O3S. The molecule has 0 saturated carbocycles. The van der Waals surface area contributed by atoms with Gasteiger partial charge in [-0.05, 0) is 47.0 Å². The minimum Gasteiger partial charge on any atom is -0.350 e. The second-order valence-electron chi connectivity index (χ2n) is 7.50. The Morgan fingerprint density at radius 1 is 1.10 bits per heavy atom. The largest absolute Gasteiger partial charge is 0.350 e. The lowest BCUT2D eigenvalue weighted by molar-refractivity contribution is -0.124. The van der Waals surface area contributed by atoms with Crippen molar-refractivity contribution in [1.82, 2.24) is 25.5 Å². The van der Waals surface area contributed by atoms with E-state index in [1.54, 1.807) is 19.1 Å². The van der Waals surface area contributed by atoms with Crippen molar-refractivity contribution in [1.29, 1.82) is 0 Å². The molecule has 3 aromatic rings. The van der Waals surface area contributed by atoms with Crippen molar-refractivity contribution in [2.45, 2.75) is 32.4 Å². The number of hydrogen-bond donors (Lipinski definition) is 1. The number of aromatic nitrogens is 4. The van der Waals surface area contributed by atoms with Crippen molar-refractivity contribution < 1.29 is 13.2 Å². The number of anilines is 1. The van der Waals surface area contributed by atoms with E-state index in [1.165, 1.54) is 8.99 Å². The molecular weight excluding hydrogens is 416 g/mol. The van der Waals surface area contributed by atoms with Gasteiger partial charge in [-0.1, -0.05) is 42.5 Å². The zero-order valence-electron chi connectivity index (χ0n) is 17.2. The Morgan fingerprint density at radius 3 is 2.45 bits per heavy atom. The Bertz CT molecular complexity index is 1150. The summed E-state index contributed by atoms with van der Waals surface area (Å²) in [4.78, 5) is 13.0. The highest BCUT2D eigenvalue weighted by Gasteiger charge is 2.28. The fraction of sp³-hybridized carbons (Fsp3) is 0.333. The van der Waals surface area contributed by atoms with Gasteiger partial charge in [-0.2, -0.15) is 0 Å². The van der Waals surface area contributed by atoms with Gasteiger partial charge in [-0.3, -0.25) is 9.10 Å². The summed E-state index contributed by atoms with van der Waals surface area (Å²) in [7, 11) is -3.21. The maximum atomic E-state index is 13.0. The molecule has 4 rings (SSSR count). The second-order valence-corrected chi connectivity index (χ2v) is 9.51. The van der Waals surface area contributed by atoms with E-state index in [4.69, 9.17) is 0 Å². The Morgan fingerprint density at radius 2 is 1.84 bits per heavy atom. The Labute approximate surface area is 181 Å². The molecule has 1 aliphatic heterocycles. The standard InChI is InChI=1S/C21H24N6O3S/c1-16-23-24-25-27(16)20(14-17-6-3-2-4-7-17)21(28)22-15-18-8-10-19(11-9-18)26-12-5-13-31(26,29)30/h2-4,6-11,20H,5,12-15H2,1H3,(H,22,28). The van der Waals surface area contributed by atoms with Crippen LogP contribution in [0, 0.1) is 6.92 Å². The highest BCUT2D eigenvalue weighted by atomic mass is 32.2. The minimum atomic E-state index is -3.21. The normalized spacial score (nSPS) is 16.2. The second kappa shape index (κ2) is 8.84. The number of aryl methyl sites for hydroxylation is 1. The first-order valence-corrected chi connectivity index (χ1v) is 11.7.